The summed E-state index contributed by atoms with van der Waals surface area (Å²) in [6, 6.07) is 17.3. The van der Waals surface area contributed by atoms with Crippen LogP contribution in [0.4, 0.5) is 0 Å². The number of rotatable bonds is 8. The van der Waals surface area contributed by atoms with Crippen LogP contribution in [0.1, 0.15) is 60.6 Å². The van der Waals surface area contributed by atoms with Gasteiger partial charge in [-0.15, -0.1) is 0 Å². The van der Waals surface area contributed by atoms with Crippen molar-refractivity contribution in [1.82, 2.24) is 20.2 Å². The average Bonchev–Trinajstić information content (AvgIpc) is 3.26. The van der Waals surface area contributed by atoms with E-state index < -0.39 is 0 Å². The molecule has 2 heterocycles. The van der Waals surface area contributed by atoms with Gasteiger partial charge in [0.05, 0.1) is 11.0 Å². The van der Waals surface area contributed by atoms with Gasteiger partial charge in [-0.25, -0.2) is 4.98 Å². The fraction of sp³-hybridized carbons (Fsp3) is 0.400. The van der Waals surface area contributed by atoms with Crippen LogP contribution in [-0.4, -0.2) is 46.3 Å². The van der Waals surface area contributed by atoms with Gasteiger partial charge in [-0.3, -0.25) is 9.59 Å². The maximum atomic E-state index is 12.5. The molecule has 0 bridgehead atoms. The third-order valence-corrected chi connectivity index (χ3v) is 6.03. The van der Waals surface area contributed by atoms with Crippen LogP contribution in [0.3, 0.4) is 0 Å². The highest BCUT2D eigenvalue weighted by Crippen LogP contribution is 2.28. The Balaban J connectivity index is 1.12. The molecule has 4 rings (SSSR count). The Labute approximate surface area is 183 Å². The third-order valence-electron chi connectivity index (χ3n) is 6.03. The number of para-hydroxylation sites is 2. The predicted octanol–water partition coefficient (Wildman–Crippen LogP) is 4.26. The number of aromatic amines is 1. The molecule has 31 heavy (non-hydrogen) atoms. The quantitative estimate of drug-likeness (QED) is 0.537. The molecule has 3 aromatic rings. The van der Waals surface area contributed by atoms with Gasteiger partial charge in [0.2, 0.25) is 5.91 Å². The molecule has 0 unspecified atom stereocenters. The molecule has 0 spiro atoms. The lowest BCUT2D eigenvalue weighted by molar-refractivity contribution is -0.132. The number of amides is 2. The Hall–Kier alpha value is -3.15. The van der Waals surface area contributed by atoms with Crippen molar-refractivity contribution in [3.63, 3.8) is 0 Å². The zero-order valence-corrected chi connectivity index (χ0v) is 17.8. The zero-order valence-electron chi connectivity index (χ0n) is 17.8. The second-order valence-electron chi connectivity index (χ2n) is 8.23. The molecule has 0 aliphatic carbocycles. The summed E-state index contributed by atoms with van der Waals surface area (Å²) in [5.74, 6) is 1.65. The van der Waals surface area contributed by atoms with E-state index in [1.165, 1.54) is 0 Å². The number of fused-ring (bicyclic) bond motifs is 1. The Kier molecular flexibility index (Phi) is 6.97. The number of unbranched alkanes of at least 4 members (excludes halogenated alkanes) is 2. The van der Waals surface area contributed by atoms with E-state index >= 15 is 0 Å². The molecule has 6 nitrogen and oxygen atoms in total. The number of nitrogens with zero attached hydrogens (tertiary/aromatic N) is 2. The molecule has 1 aromatic heterocycles. The van der Waals surface area contributed by atoms with Gasteiger partial charge in [-0.05, 0) is 49.9 Å². The summed E-state index contributed by atoms with van der Waals surface area (Å²) in [5.41, 5.74) is 2.77. The topological polar surface area (TPSA) is 78.1 Å². The SMILES string of the molecule is O=C(NCCCCCC(=O)N1CCC(c2nc3ccccc3[nH]2)CC1)c1ccccc1. The highest BCUT2D eigenvalue weighted by atomic mass is 16.2. The van der Waals surface area contributed by atoms with Crippen LogP contribution < -0.4 is 5.32 Å². The molecule has 162 valence electrons. The fourth-order valence-electron chi connectivity index (χ4n) is 4.20. The smallest absolute Gasteiger partial charge is 0.251 e. The Morgan fingerprint density at radius 2 is 1.71 bits per heavy atom. The van der Waals surface area contributed by atoms with Gasteiger partial charge in [-0.2, -0.15) is 0 Å². The number of carbonyl (C=O) groups is 2. The number of nitrogens with one attached hydrogen (secondary N) is 2. The first-order valence-electron chi connectivity index (χ1n) is 11.3. The summed E-state index contributed by atoms with van der Waals surface area (Å²) in [6.07, 6.45) is 5.19. The molecule has 1 aliphatic rings. The maximum absolute atomic E-state index is 12.5. The first kappa shape index (κ1) is 21.1. The molecule has 2 aromatic carbocycles. The van der Waals surface area contributed by atoms with Crippen LogP contribution in [-0.2, 0) is 4.79 Å². The fourth-order valence-corrected chi connectivity index (χ4v) is 4.20. The molecule has 0 radical (unpaired) electrons. The first-order chi connectivity index (χ1) is 15.2. The molecule has 0 atom stereocenters. The van der Waals surface area contributed by atoms with Gasteiger partial charge in [0.15, 0.2) is 0 Å². The minimum absolute atomic E-state index is 0.0380. The number of hydrogen-bond acceptors (Lipinski definition) is 3. The molecule has 1 aliphatic heterocycles. The van der Waals surface area contributed by atoms with E-state index in [0.717, 1.165) is 62.1 Å². The van der Waals surface area contributed by atoms with Crippen LogP contribution in [0.5, 0.6) is 0 Å². The minimum Gasteiger partial charge on any atom is -0.352 e. The maximum Gasteiger partial charge on any atom is 0.251 e. The number of imidazole rings is 1. The van der Waals surface area contributed by atoms with Crippen molar-refractivity contribution < 1.29 is 9.59 Å². The lowest BCUT2D eigenvalue weighted by atomic mass is 9.96. The number of piperidine rings is 1. The Bertz CT molecular complexity index is 974. The normalized spacial score (nSPS) is 14.6. The standard InChI is InChI=1S/C25H30N4O2/c30-23(13-5-2-8-16-26-25(31)20-9-3-1-4-10-20)29-17-14-19(15-18-29)24-27-21-11-6-7-12-22(21)28-24/h1,3-4,6-7,9-12,19H,2,5,8,13-18H2,(H,26,31)(H,27,28). The average molecular weight is 419 g/mol. The monoisotopic (exact) mass is 418 g/mol. The van der Waals surface area contributed by atoms with Gasteiger partial charge in [0.1, 0.15) is 5.82 Å². The van der Waals surface area contributed by atoms with E-state index in [2.05, 4.69) is 16.4 Å². The molecule has 1 fully saturated rings. The first-order valence-corrected chi connectivity index (χ1v) is 11.3. The van der Waals surface area contributed by atoms with Crippen molar-refractivity contribution in [3.8, 4) is 0 Å². The third kappa shape index (κ3) is 5.51. The van der Waals surface area contributed by atoms with Crippen molar-refractivity contribution in [2.75, 3.05) is 19.6 Å². The molecular weight excluding hydrogens is 388 g/mol. The van der Waals surface area contributed by atoms with Gasteiger partial charge < -0.3 is 15.2 Å². The number of hydrogen-bond donors (Lipinski definition) is 2. The van der Waals surface area contributed by atoms with Crippen LogP contribution >= 0.6 is 0 Å². The lowest BCUT2D eigenvalue weighted by Crippen LogP contribution is -2.38. The number of benzene rings is 2. The van der Waals surface area contributed by atoms with E-state index in [-0.39, 0.29) is 11.8 Å². The summed E-state index contributed by atoms with van der Waals surface area (Å²) < 4.78 is 0. The number of H-pyrrole nitrogens is 1. The Morgan fingerprint density at radius 3 is 2.48 bits per heavy atom. The molecule has 1 saturated heterocycles. The van der Waals surface area contributed by atoms with Crippen molar-refractivity contribution in [2.24, 2.45) is 0 Å². The highest BCUT2D eigenvalue weighted by Gasteiger charge is 2.25. The van der Waals surface area contributed by atoms with Crippen LogP contribution in [0.2, 0.25) is 0 Å². The summed E-state index contributed by atoms with van der Waals surface area (Å²) in [4.78, 5) is 34.7. The Morgan fingerprint density at radius 1 is 0.968 bits per heavy atom. The molecule has 2 N–H and O–H groups in total. The van der Waals surface area contributed by atoms with Crippen LogP contribution in [0.25, 0.3) is 11.0 Å². The summed E-state index contributed by atoms with van der Waals surface area (Å²) >= 11 is 0. The van der Waals surface area contributed by atoms with Gasteiger partial charge in [0.25, 0.3) is 5.91 Å². The second kappa shape index (κ2) is 10.2. The lowest BCUT2D eigenvalue weighted by Gasteiger charge is -2.31. The van der Waals surface area contributed by atoms with Crippen LogP contribution in [0, 0.1) is 0 Å². The van der Waals surface area contributed by atoms with E-state index in [0.29, 0.717) is 24.4 Å². The highest BCUT2D eigenvalue weighted by molar-refractivity contribution is 5.94. The van der Waals surface area contributed by atoms with Crippen molar-refractivity contribution in [3.05, 3.63) is 66.0 Å². The van der Waals surface area contributed by atoms with E-state index in [1.807, 2.05) is 53.4 Å². The number of aromatic nitrogens is 2. The van der Waals surface area contributed by atoms with Crippen LogP contribution in [0.15, 0.2) is 54.6 Å². The zero-order chi connectivity index (χ0) is 21.5. The number of likely N-dealkylation sites (tertiary alicyclic amines) is 1. The van der Waals surface area contributed by atoms with E-state index in [9.17, 15) is 9.59 Å². The van der Waals surface area contributed by atoms with Crippen molar-refractivity contribution >= 4 is 22.8 Å². The molecular formula is C25H30N4O2. The van der Waals surface area contributed by atoms with Gasteiger partial charge >= 0.3 is 0 Å². The minimum atomic E-state index is -0.0380. The number of carbonyl (C=O) groups excluding carboxylic acids is 2. The van der Waals surface area contributed by atoms with Gasteiger partial charge in [0, 0.05) is 37.5 Å². The summed E-state index contributed by atoms with van der Waals surface area (Å²) in [5, 5.41) is 2.94. The van der Waals surface area contributed by atoms with Gasteiger partial charge in [-0.1, -0.05) is 36.8 Å². The second-order valence-corrected chi connectivity index (χ2v) is 8.23. The molecule has 2 amide bonds. The summed E-state index contributed by atoms with van der Waals surface area (Å²) in [7, 11) is 0. The largest absolute Gasteiger partial charge is 0.352 e. The van der Waals surface area contributed by atoms with Crippen molar-refractivity contribution in [1.29, 1.82) is 0 Å². The van der Waals surface area contributed by atoms with Crippen molar-refractivity contribution in [2.45, 2.75) is 44.4 Å². The summed E-state index contributed by atoms with van der Waals surface area (Å²) in [6.45, 7) is 2.24. The van der Waals surface area contributed by atoms with E-state index in [1.54, 1.807) is 0 Å². The molecule has 0 saturated carbocycles. The molecule has 6 heteroatoms. The predicted molar refractivity (Wildman–Crippen MR) is 122 cm³/mol. The van der Waals surface area contributed by atoms with E-state index in [4.69, 9.17) is 4.98 Å².